The SMILES string of the molecule is CC(COc1cccc(CC(=O)O)c1)CN(Cc1cccc(C(F)(F)F)c1Cl)CC(C)c1ccccc1.Cl. The standard InChI is InChI=1S/C29H31ClF3NO3.ClH/c1-20(19-37-25-12-6-8-22(14-25)15-27(35)36)16-34(17-21(2)23-9-4-3-5-10-23)18-24-11-7-13-26(28(24)30)29(31,32)33;/h3-14,20-21H,15-19H2,1-2H3,(H,35,36);1H. The van der Waals surface area contributed by atoms with Crippen LogP contribution >= 0.6 is 24.0 Å². The fourth-order valence-corrected chi connectivity index (χ4v) is 4.58. The first-order valence-electron chi connectivity index (χ1n) is 12.1. The second-order valence-electron chi connectivity index (χ2n) is 9.42. The lowest BCUT2D eigenvalue weighted by Gasteiger charge is -2.29. The van der Waals surface area contributed by atoms with E-state index in [1.807, 2.05) is 37.3 Å². The van der Waals surface area contributed by atoms with Gasteiger partial charge in [0.1, 0.15) is 5.75 Å². The molecule has 0 aliphatic carbocycles. The number of hydrogen-bond acceptors (Lipinski definition) is 3. The highest BCUT2D eigenvalue weighted by atomic mass is 35.5. The van der Waals surface area contributed by atoms with E-state index in [1.165, 1.54) is 6.07 Å². The van der Waals surface area contributed by atoms with E-state index in [9.17, 15) is 18.0 Å². The molecule has 0 aromatic heterocycles. The number of rotatable bonds is 12. The van der Waals surface area contributed by atoms with Crippen molar-refractivity contribution in [1.82, 2.24) is 4.90 Å². The third-order valence-electron chi connectivity index (χ3n) is 6.04. The van der Waals surface area contributed by atoms with Crippen LogP contribution in [0.3, 0.4) is 0 Å². The molecule has 0 spiro atoms. The molecule has 0 fully saturated rings. The minimum Gasteiger partial charge on any atom is -0.493 e. The molecule has 3 rings (SSSR count). The molecule has 0 aliphatic rings. The van der Waals surface area contributed by atoms with Crippen molar-refractivity contribution in [2.24, 2.45) is 5.92 Å². The molecule has 2 unspecified atom stereocenters. The zero-order valence-electron chi connectivity index (χ0n) is 21.2. The van der Waals surface area contributed by atoms with E-state index in [1.54, 1.807) is 30.3 Å². The molecule has 0 saturated heterocycles. The zero-order valence-corrected chi connectivity index (χ0v) is 22.8. The first-order valence-corrected chi connectivity index (χ1v) is 12.5. The van der Waals surface area contributed by atoms with Gasteiger partial charge in [-0.15, -0.1) is 12.4 Å². The summed E-state index contributed by atoms with van der Waals surface area (Å²) in [6.07, 6.45) is -4.61. The fourth-order valence-electron chi connectivity index (χ4n) is 4.29. The summed E-state index contributed by atoms with van der Waals surface area (Å²) in [5.74, 6) is -0.153. The molecule has 1 N–H and O–H groups in total. The third-order valence-corrected chi connectivity index (χ3v) is 6.48. The van der Waals surface area contributed by atoms with E-state index in [0.29, 0.717) is 36.6 Å². The maximum absolute atomic E-state index is 13.4. The summed E-state index contributed by atoms with van der Waals surface area (Å²) in [5, 5.41) is 8.74. The number of halogens is 5. The normalized spacial score (nSPS) is 13.0. The Kier molecular flexibility index (Phi) is 11.9. The Bertz CT molecular complexity index is 1180. The highest BCUT2D eigenvalue weighted by Gasteiger charge is 2.34. The quantitative estimate of drug-likeness (QED) is 0.242. The average Bonchev–Trinajstić information content (AvgIpc) is 2.83. The van der Waals surface area contributed by atoms with Gasteiger partial charge in [0, 0.05) is 25.6 Å². The summed E-state index contributed by atoms with van der Waals surface area (Å²) in [6.45, 7) is 5.91. The van der Waals surface area contributed by atoms with Gasteiger partial charge >= 0.3 is 12.1 Å². The molecule has 0 heterocycles. The molecule has 206 valence electrons. The number of hydrogen-bond donors (Lipinski definition) is 1. The van der Waals surface area contributed by atoms with Gasteiger partial charge in [-0.2, -0.15) is 13.2 Å². The van der Waals surface area contributed by atoms with Gasteiger partial charge in [-0.3, -0.25) is 9.69 Å². The lowest BCUT2D eigenvalue weighted by molar-refractivity contribution is -0.138. The molecule has 0 bridgehead atoms. The van der Waals surface area contributed by atoms with Crippen LogP contribution in [0.2, 0.25) is 5.02 Å². The summed E-state index contributed by atoms with van der Waals surface area (Å²) < 4.78 is 46.2. The van der Waals surface area contributed by atoms with Crippen molar-refractivity contribution in [3.05, 3.63) is 100 Å². The van der Waals surface area contributed by atoms with Crippen LogP contribution in [-0.4, -0.2) is 35.7 Å². The van der Waals surface area contributed by atoms with Gasteiger partial charge in [0.2, 0.25) is 0 Å². The molecule has 2 atom stereocenters. The highest BCUT2D eigenvalue weighted by Crippen LogP contribution is 2.36. The first-order chi connectivity index (χ1) is 17.5. The molecule has 0 saturated carbocycles. The molecule has 4 nitrogen and oxygen atoms in total. The van der Waals surface area contributed by atoms with Gasteiger partial charge in [-0.05, 0) is 40.8 Å². The van der Waals surface area contributed by atoms with Crippen molar-refractivity contribution >= 4 is 30.0 Å². The number of aliphatic carboxylic acids is 1. The first kappa shape index (κ1) is 31.5. The molecular formula is C29H32Cl2F3NO3. The van der Waals surface area contributed by atoms with E-state index < -0.39 is 17.7 Å². The molecule has 3 aromatic carbocycles. The third kappa shape index (κ3) is 9.53. The largest absolute Gasteiger partial charge is 0.493 e. The Balaban J connectivity index is 0.00000507. The lowest BCUT2D eigenvalue weighted by atomic mass is 9.99. The Labute approximate surface area is 232 Å². The van der Waals surface area contributed by atoms with Crippen LogP contribution < -0.4 is 4.74 Å². The molecule has 3 aromatic rings. The number of carboxylic acids is 1. The Morgan fingerprint density at radius 3 is 2.34 bits per heavy atom. The van der Waals surface area contributed by atoms with Crippen LogP contribution in [0.1, 0.15) is 42.0 Å². The van der Waals surface area contributed by atoms with Gasteiger partial charge in [-0.25, -0.2) is 0 Å². The Morgan fingerprint density at radius 1 is 1.00 bits per heavy atom. The van der Waals surface area contributed by atoms with E-state index in [2.05, 4.69) is 11.8 Å². The van der Waals surface area contributed by atoms with Crippen molar-refractivity contribution < 1.29 is 27.8 Å². The number of carboxylic acid groups (broad SMARTS) is 1. The maximum atomic E-state index is 13.4. The van der Waals surface area contributed by atoms with Gasteiger partial charge in [0.25, 0.3) is 0 Å². The van der Waals surface area contributed by atoms with Crippen LogP contribution in [0.5, 0.6) is 5.75 Å². The van der Waals surface area contributed by atoms with Crippen LogP contribution in [-0.2, 0) is 23.9 Å². The zero-order chi connectivity index (χ0) is 27.0. The van der Waals surface area contributed by atoms with E-state index in [4.69, 9.17) is 21.4 Å². The summed E-state index contributed by atoms with van der Waals surface area (Å²) in [5.41, 5.74) is 1.38. The van der Waals surface area contributed by atoms with Gasteiger partial charge < -0.3 is 9.84 Å². The van der Waals surface area contributed by atoms with Crippen molar-refractivity contribution in [3.63, 3.8) is 0 Å². The fraction of sp³-hybridized carbons (Fsp3) is 0.345. The average molecular weight is 570 g/mol. The smallest absolute Gasteiger partial charge is 0.417 e. The second-order valence-corrected chi connectivity index (χ2v) is 9.79. The topological polar surface area (TPSA) is 49.8 Å². The monoisotopic (exact) mass is 569 g/mol. The van der Waals surface area contributed by atoms with E-state index in [0.717, 1.165) is 11.6 Å². The highest BCUT2D eigenvalue weighted by molar-refractivity contribution is 6.32. The maximum Gasteiger partial charge on any atom is 0.417 e. The van der Waals surface area contributed by atoms with Crippen molar-refractivity contribution in [1.29, 1.82) is 0 Å². The van der Waals surface area contributed by atoms with Crippen LogP contribution in [0.15, 0.2) is 72.8 Å². The van der Waals surface area contributed by atoms with Crippen LogP contribution in [0.25, 0.3) is 0 Å². The van der Waals surface area contributed by atoms with E-state index >= 15 is 0 Å². The Morgan fingerprint density at radius 2 is 1.68 bits per heavy atom. The summed E-state index contributed by atoms with van der Waals surface area (Å²) in [4.78, 5) is 13.1. The molecule has 0 aliphatic heterocycles. The number of benzene rings is 3. The van der Waals surface area contributed by atoms with Crippen molar-refractivity contribution in [2.45, 2.75) is 38.9 Å². The predicted molar refractivity (Wildman–Crippen MR) is 146 cm³/mol. The van der Waals surface area contributed by atoms with Gasteiger partial charge in [0.05, 0.1) is 23.6 Å². The number of carbonyl (C=O) groups is 1. The number of alkyl halides is 3. The van der Waals surface area contributed by atoms with Crippen molar-refractivity contribution in [3.8, 4) is 5.75 Å². The molecule has 38 heavy (non-hydrogen) atoms. The lowest BCUT2D eigenvalue weighted by Crippen LogP contribution is -2.33. The number of ether oxygens (including phenoxy) is 1. The molecule has 9 heteroatoms. The molecular weight excluding hydrogens is 538 g/mol. The molecule has 0 radical (unpaired) electrons. The summed E-state index contributed by atoms with van der Waals surface area (Å²) >= 11 is 6.21. The van der Waals surface area contributed by atoms with Gasteiger partial charge in [0.15, 0.2) is 0 Å². The minimum atomic E-state index is -4.52. The summed E-state index contributed by atoms with van der Waals surface area (Å²) in [7, 11) is 0. The van der Waals surface area contributed by atoms with Crippen LogP contribution in [0.4, 0.5) is 13.2 Å². The van der Waals surface area contributed by atoms with Gasteiger partial charge in [-0.1, -0.05) is 80.0 Å². The summed E-state index contributed by atoms with van der Waals surface area (Å²) in [6, 6.07) is 20.9. The number of nitrogens with zero attached hydrogens (tertiary/aromatic N) is 1. The van der Waals surface area contributed by atoms with E-state index in [-0.39, 0.29) is 42.2 Å². The van der Waals surface area contributed by atoms with Crippen LogP contribution in [0, 0.1) is 5.92 Å². The Hall–Kier alpha value is -2.74. The molecule has 0 amide bonds. The second kappa shape index (κ2) is 14.4. The predicted octanol–water partition coefficient (Wildman–Crippen LogP) is 7.73. The minimum absolute atomic E-state index is 0. The van der Waals surface area contributed by atoms with Crippen molar-refractivity contribution in [2.75, 3.05) is 19.7 Å².